The molecule has 130 valence electrons. The lowest BCUT2D eigenvalue weighted by molar-refractivity contribution is -0.154. The van der Waals surface area contributed by atoms with Crippen molar-refractivity contribution in [2.24, 2.45) is 40.4 Å². The van der Waals surface area contributed by atoms with Gasteiger partial charge in [-0.15, -0.1) is 0 Å². The largest absolute Gasteiger partial charge is 0.481 e. The van der Waals surface area contributed by atoms with E-state index in [9.17, 15) is 9.90 Å². The molecule has 0 aliphatic heterocycles. The fourth-order valence-electron chi connectivity index (χ4n) is 8.16. The Morgan fingerprint density at radius 3 is 2.57 bits per heavy atom. The number of hydrogen-bond acceptors (Lipinski definition) is 1. The van der Waals surface area contributed by atoms with Crippen molar-refractivity contribution in [1.29, 1.82) is 0 Å². The Bertz CT molecular complexity index is 486. The number of aliphatic carboxylic acids is 1. The van der Waals surface area contributed by atoms with Gasteiger partial charge in [0.15, 0.2) is 0 Å². The van der Waals surface area contributed by atoms with E-state index in [1.165, 1.54) is 57.8 Å². The van der Waals surface area contributed by atoms with Crippen molar-refractivity contribution in [3.8, 4) is 0 Å². The third kappa shape index (κ3) is 2.09. The van der Waals surface area contributed by atoms with E-state index < -0.39 is 5.97 Å². The molecule has 4 saturated carbocycles. The maximum absolute atomic E-state index is 11.9. The normalized spacial score (nSPS) is 52.3. The average Bonchev–Trinajstić information content (AvgIpc) is 2.94. The quantitative estimate of drug-likeness (QED) is 0.729. The second-order valence-electron chi connectivity index (χ2n) is 9.50. The van der Waals surface area contributed by atoms with E-state index in [4.69, 9.17) is 0 Å². The van der Waals surface area contributed by atoms with Crippen LogP contribution in [0.2, 0.25) is 0 Å². The van der Waals surface area contributed by atoms with Crippen LogP contribution in [0.1, 0.15) is 84.5 Å². The summed E-state index contributed by atoms with van der Waals surface area (Å²) in [5.41, 5.74) is 0.702. The second kappa shape index (κ2) is 5.49. The first kappa shape index (κ1) is 16.0. The van der Waals surface area contributed by atoms with Crippen LogP contribution in [0.3, 0.4) is 0 Å². The zero-order chi connectivity index (χ0) is 16.2. The molecule has 4 fully saturated rings. The molecule has 1 N–H and O–H groups in total. The molecule has 0 spiro atoms. The molecule has 0 saturated heterocycles. The molecule has 4 aliphatic carbocycles. The summed E-state index contributed by atoms with van der Waals surface area (Å²) in [4.78, 5) is 11.9. The summed E-state index contributed by atoms with van der Waals surface area (Å²) in [5, 5.41) is 9.78. The lowest BCUT2D eigenvalue weighted by Crippen LogP contribution is -2.53. The molecule has 7 atom stereocenters. The van der Waals surface area contributed by atoms with Crippen LogP contribution in [-0.4, -0.2) is 11.1 Å². The number of hydrogen-bond donors (Lipinski definition) is 1. The van der Waals surface area contributed by atoms with Gasteiger partial charge in [-0.2, -0.15) is 0 Å². The minimum absolute atomic E-state index is 0.0599. The number of rotatable bonds is 2. The number of carbonyl (C=O) groups is 1. The summed E-state index contributed by atoms with van der Waals surface area (Å²) < 4.78 is 0. The lowest BCUT2D eigenvalue weighted by atomic mass is 9.44. The predicted octanol–water partition coefficient (Wildman–Crippen LogP) is 5.51. The number of fused-ring (bicyclic) bond motifs is 5. The molecule has 0 heterocycles. The van der Waals surface area contributed by atoms with Crippen molar-refractivity contribution in [3.63, 3.8) is 0 Å². The third-order valence-electron chi connectivity index (χ3n) is 9.26. The highest BCUT2D eigenvalue weighted by Crippen LogP contribution is 2.68. The van der Waals surface area contributed by atoms with Gasteiger partial charge in [0.05, 0.1) is 5.92 Å². The van der Waals surface area contributed by atoms with Crippen molar-refractivity contribution in [2.45, 2.75) is 84.5 Å². The summed E-state index contributed by atoms with van der Waals surface area (Å²) >= 11 is 0. The smallest absolute Gasteiger partial charge is 0.307 e. The van der Waals surface area contributed by atoms with E-state index in [2.05, 4.69) is 13.8 Å². The fourth-order valence-corrected chi connectivity index (χ4v) is 8.16. The van der Waals surface area contributed by atoms with E-state index in [-0.39, 0.29) is 11.3 Å². The predicted molar refractivity (Wildman–Crippen MR) is 92.1 cm³/mol. The van der Waals surface area contributed by atoms with Gasteiger partial charge in [0.1, 0.15) is 0 Å². The van der Waals surface area contributed by atoms with Crippen molar-refractivity contribution < 1.29 is 9.90 Å². The first-order valence-corrected chi connectivity index (χ1v) is 10.3. The Labute approximate surface area is 141 Å². The van der Waals surface area contributed by atoms with Gasteiger partial charge in [0.25, 0.3) is 0 Å². The summed E-state index contributed by atoms with van der Waals surface area (Å²) in [6, 6.07) is 0. The fraction of sp³-hybridized carbons (Fsp3) is 0.952. The molecule has 2 nitrogen and oxygen atoms in total. The minimum Gasteiger partial charge on any atom is -0.481 e. The van der Waals surface area contributed by atoms with Gasteiger partial charge in [-0.25, -0.2) is 0 Å². The van der Waals surface area contributed by atoms with Crippen LogP contribution >= 0.6 is 0 Å². The van der Waals surface area contributed by atoms with E-state index in [0.29, 0.717) is 11.3 Å². The zero-order valence-corrected chi connectivity index (χ0v) is 15.0. The topological polar surface area (TPSA) is 37.3 Å². The molecule has 4 rings (SSSR count). The van der Waals surface area contributed by atoms with E-state index in [1.54, 1.807) is 0 Å². The van der Waals surface area contributed by atoms with Gasteiger partial charge in [0.2, 0.25) is 0 Å². The SMILES string of the molecule is CC[C@]12CC[C@H]3[C@@H](CC[C@H]4CCCC[C@@]43C)[C@@H]1CCC2C(=O)O. The van der Waals surface area contributed by atoms with Gasteiger partial charge in [-0.3, -0.25) is 4.79 Å². The first-order chi connectivity index (χ1) is 11.0. The highest BCUT2D eigenvalue weighted by atomic mass is 16.4. The van der Waals surface area contributed by atoms with E-state index >= 15 is 0 Å². The van der Waals surface area contributed by atoms with Gasteiger partial charge >= 0.3 is 5.97 Å². The maximum Gasteiger partial charge on any atom is 0.307 e. The first-order valence-electron chi connectivity index (χ1n) is 10.3. The lowest BCUT2D eigenvalue weighted by Gasteiger charge is -2.60. The van der Waals surface area contributed by atoms with Crippen LogP contribution < -0.4 is 0 Å². The molecule has 23 heavy (non-hydrogen) atoms. The molecule has 0 radical (unpaired) electrons. The summed E-state index contributed by atoms with van der Waals surface area (Å²) in [5.74, 6) is 2.81. The molecule has 4 aliphatic rings. The molecule has 0 amide bonds. The van der Waals surface area contributed by atoms with E-state index in [1.807, 2.05) is 0 Å². The molecule has 0 aromatic carbocycles. The van der Waals surface area contributed by atoms with Crippen LogP contribution in [0.15, 0.2) is 0 Å². The molecule has 0 aromatic rings. The highest BCUT2D eigenvalue weighted by molar-refractivity contribution is 5.71. The molecular weight excluding hydrogens is 284 g/mol. The van der Waals surface area contributed by atoms with Gasteiger partial charge in [-0.05, 0) is 92.3 Å². The Kier molecular flexibility index (Phi) is 3.81. The molecule has 1 unspecified atom stereocenters. The van der Waals surface area contributed by atoms with Crippen molar-refractivity contribution in [2.75, 3.05) is 0 Å². The van der Waals surface area contributed by atoms with Crippen molar-refractivity contribution >= 4 is 5.97 Å². The van der Waals surface area contributed by atoms with Crippen LogP contribution in [-0.2, 0) is 4.79 Å². The molecule has 0 aromatic heterocycles. The molecule has 2 heteroatoms. The summed E-state index contributed by atoms with van der Waals surface area (Å²) in [6.07, 6.45) is 14.3. The standard InChI is InChI=1S/C21H34O2/c1-3-21-13-11-16-15(17(21)9-10-18(21)19(22)23)8-7-14-6-4-5-12-20(14,16)2/h14-18H,3-13H2,1-2H3,(H,22,23)/t14-,15-,16+,17+,18?,20+,21+/m1/s1. The highest BCUT2D eigenvalue weighted by Gasteiger charge is 2.61. The van der Waals surface area contributed by atoms with Crippen LogP contribution in [0.25, 0.3) is 0 Å². The van der Waals surface area contributed by atoms with Crippen molar-refractivity contribution in [1.82, 2.24) is 0 Å². The Hall–Kier alpha value is -0.530. The second-order valence-corrected chi connectivity index (χ2v) is 9.50. The summed E-state index contributed by atoms with van der Waals surface area (Å²) in [7, 11) is 0. The monoisotopic (exact) mass is 318 g/mol. The van der Waals surface area contributed by atoms with Crippen LogP contribution in [0.4, 0.5) is 0 Å². The van der Waals surface area contributed by atoms with Crippen molar-refractivity contribution in [3.05, 3.63) is 0 Å². The minimum atomic E-state index is -0.509. The van der Waals surface area contributed by atoms with E-state index in [0.717, 1.165) is 30.6 Å². The molecule has 0 bridgehead atoms. The average molecular weight is 319 g/mol. The Morgan fingerprint density at radius 2 is 1.83 bits per heavy atom. The third-order valence-corrected chi connectivity index (χ3v) is 9.26. The van der Waals surface area contributed by atoms with Gasteiger partial charge in [-0.1, -0.05) is 26.7 Å². The van der Waals surface area contributed by atoms with Gasteiger partial charge < -0.3 is 5.11 Å². The Balaban J connectivity index is 1.65. The number of carboxylic acids is 1. The zero-order valence-electron chi connectivity index (χ0n) is 15.0. The molecular formula is C21H34O2. The number of carboxylic acid groups (broad SMARTS) is 1. The maximum atomic E-state index is 11.9. The van der Waals surface area contributed by atoms with Crippen LogP contribution in [0.5, 0.6) is 0 Å². The Morgan fingerprint density at radius 1 is 1.00 bits per heavy atom. The van der Waals surface area contributed by atoms with Gasteiger partial charge in [0, 0.05) is 0 Å². The van der Waals surface area contributed by atoms with Crippen LogP contribution in [0, 0.1) is 40.4 Å². The summed E-state index contributed by atoms with van der Waals surface area (Å²) in [6.45, 7) is 4.87.